The third kappa shape index (κ3) is 3.77. The summed E-state index contributed by atoms with van der Waals surface area (Å²) in [4.78, 5) is 29.9. The van der Waals surface area contributed by atoms with Crippen LogP contribution in [0.5, 0.6) is 0 Å². The number of rotatable bonds is 6. The number of H-pyrrole nitrogens is 1. The minimum atomic E-state index is -0.211. The molecule has 1 atom stereocenters. The highest BCUT2D eigenvalue weighted by Gasteiger charge is 2.23. The highest BCUT2D eigenvalue weighted by molar-refractivity contribution is 7.98. The third-order valence-corrected chi connectivity index (χ3v) is 5.77. The summed E-state index contributed by atoms with van der Waals surface area (Å²) in [7, 11) is 0. The second kappa shape index (κ2) is 8.06. The summed E-state index contributed by atoms with van der Waals surface area (Å²) in [5.41, 5.74) is 4.39. The van der Waals surface area contributed by atoms with Gasteiger partial charge in [0, 0.05) is 17.0 Å². The molecule has 0 saturated carbocycles. The van der Waals surface area contributed by atoms with Crippen LogP contribution in [-0.4, -0.2) is 41.7 Å². The van der Waals surface area contributed by atoms with Crippen molar-refractivity contribution in [2.24, 2.45) is 5.92 Å². The predicted octanol–water partition coefficient (Wildman–Crippen LogP) is 3.40. The van der Waals surface area contributed by atoms with E-state index in [4.69, 9.17) is 0 Å². The van der Waals surface area contributed by atoms with Crippen molar-refractivity contribution < 1.29 is 4.79 Å². The van der Waals surface area contributed by atoms with Crippen LogP contribution in [-0.2, 0) is 11.2 Å². The first-order valence-electron chi connectivity index (χ1n) is 9.88. The van der Waals surface area contributed by atoms with E-state index >= 15 is 0 Å². The maximum atomic E-state index is 13.0. The van der Waals surface area contributed by atoms with Crippen LogP contribution in [0.4, 0.5) is 0 Å². The first-order chi connectivity index (χ1) is 14.4. The number of aryl methyl sites for hydroxylation is 2. The van der Waals surface area contributed by atoms with Gasteiger partial charge in [0.05, 0.1) is 23.5 Å². The molecule has 0 aliphatic heterocycles. The summed E-state index contributed by atoms with van der Waals surface area (Å²) in [6, 6.07) is 7.66. The molecule has 0 bridgehead atoms. The van der Waals surface area contributed by atoms with Crippen LogP contribution in [0.25, 0.3) is 16.8 Å². The van der Waals surface area contributed by atoms with Gasteiger partial charge in [0.1, 0.15) is 5.82 Å². The van der Waals surface area contributed by atoms with E-state index in [0.29, 0.717) is 10.9 Å². The molecule has 1 amide bonds. The van der Waals surface area contributed by atoms with Crippen LogP contribution in [0.2, 0.25) is 0 Å². The molecule has 0 aliphatic carbocycles. The highest BCUT2D eigenvalue weighted by atomic mass is 32.2. The molecular formula is C21H25N7OS. The lowest BCUT2D eigenvalue weighted by Gasteiger charge is -2.21. The molecule has 0 radical (unpaired) electrons. The molecule has 0 fully saturated rings. The second-order valence-electron chi connectivity index (χ2n) is 7.68. The normalized spacial score (nSPS) is 12.7. The lowest BCUT2D eigenvalue weighted by molar-refractivity contribution is -0.121. The van der Waals surface area contributed by atoms with E-state index in [1.807, 2.05) is 44.4 Å². The Hall–Kier alpha value is -2.94. The number of thioether (sulfide) groups is 1. The Balaban J connectivity index is 1.59. The Bertz CT molecular complexity index is 1190. The van der Waals surface area contributed by atoms with E-state index in [1.165, 1.54) is 11.8 Å². The number of aromatic amines is 1. The molecule has 4 rings (SSSR count). The number of aromatic nitrogens is 6. The molecule has 8 nitrogen and oxygen atoms in total. The van der Waals surface area contributed by atoms with Crippen molar-refractivity contribution in [2.75, 3.05) is 6.26 Å². The zero-order valence-electron chi connectivity index (χ0n) is 17.7. The van der Waals surface area contributed by atoms with Gasteiger partial charge in [-0.2, -0.15) is 4.98 Å². The number of benzene rings is 1. The van der Waals surface area contributed by atoms with E-state index in [-0.39, 0.29) is 24.3 Å². The van der Waals surface area contributed by atoms with Gasteiger partial charge in [0.25, 0.3) is 5.78 Å². The van der Waals surface area contributed by atoms with Crippen LogP contribution < -0.4 is 5.32 Å². The fourth-order valence-electron chi connectivity index (χ4n) is 3.59. The fourth-order valence-corrected chi connectivity index (χ4v) is 3.92. The Morgan fingerprint density at radius 3 is 2.67 bits per heavy atom. The van der Waals surface area contributed by atoms with E-state index in [2.05, 4.69) is 44.2 Å². The summed E-state index contributed by atoms with van der Waals surface area (Å²) >= 11 is 1.47. The van der Waals surface area contributed by atoms with Gasteiger partial charge >= 0.3 is 0 Å². The minimum Gasteiger partial charge on any atom is -0.346 e. The third-order valence-electron chi connectivity index (χ3n) is 5.23. The van der Waals surface area contributed by atoms with Crippen molar-refractivity contribution >= 4 is 34.5 Å². The van der Waals surface area contributed by atoms with Gasteiger partial charge < -0.3 is 10.3 Å². The number of carbonyl (C=O) groups excluding carboxylic acids is 1. The average Bonchev–Trinajstić information content (AvgIpc) is 3.32. The number of imidazole rings is 1. The van der Waals surface area contributed by atoms with Crippen LogP contribution in [0.15, 0.2) is 29.4 Å². The minimum absolute atomic E-state index is 0.0771. The highest BCUT2D eigenvalue weighted by Crippen LogP contribution is 2.23. The Kier molecular flexibility index (Phi) is 5.46. The maximum absolute atomic E-state index is 13.0. The quantitative estimate of drug-likeness (QED) is 0.461. The van der Waals surface area contributed by atoms with Crippen molar-refractivity contribution in [3.63, 3.8) is 0 Å². The topological polar surface area (TPSA) is 101 Å². The lowest BCUT2D eigenvalue weighted by atomic mass is 10.0. The van der Waals surface area contributed by atoms with Crippen molar-refractivity contribution in [2.45, 2.75) is 45.3 Å². The molecule has 3 heterocycles. The van der Waals surface area contributed by atoms with Gasteiger partial charge in [-0.25, -0.2) is 14.5 Å². The zero-order chi connectivity index (χ0) is 21.4. The molecule has 0 spiro atoms. The SMILES string of the molecule is CSc1nc2nc(C)c(CC(=O)NC(c3nc4ccccc4[nH]3)C(C)C)c(C)n2n1. The van der Waals surface area contributed by atoms with E-state index in [1.54, 1.807) is 4.52 Å². The van der Waals surface area contributed by atoms with Gasteiger partial charge in [-0.05, 0) is 38.2 Å². The van der Waals surface area contributed by atoms with Gasteiger partial charge in [-0.15, -0.1) is 5.10 Å². The molecular weight excluding hydrogens is 398 g/mol. The molecule has 3 aromatic heterocycles. The van der Waals surface area contributed by atoms with Crippen molar-refractivity contribution in [1.29, 1.82) is 0 Å². The van der Waals surface area contributed by atoms with Crippen LogP contribution in [0, 0.1) is 19.8 Å². The largest absolute Gasteiger partial charge is 0.346 e. The monoisotopic (exact) mass is 423 g/mol. The van der Waals surface area contributed by atoms with Gasteiger partial charge in [0.15, 0.2) is 0 Å². The summed E-state index contributed by atoms with van der Waals surface area (Å²) in [5, 5.41) is 8.27. The van der Waals surface area contributed by atoms with Gasteiger partial charge in [0.2, 0.25) is 11.1 Å². The van der Waals surface area contributed by atoms with Crippen LogP contribution in [0.3, 0.4) is 0 Å². The zero-order valence-corrected chi connectivity index (χ0v) is 18.5. The standard InChI is InChI=1S/C21H25N7OS/c1-11(2)18(19-23-15-8-6-7-9-16(15)24-19)25-17(29)10-14-12(3)22-20-26-21(30-5)27-28(20)13(14)4/h6-9,11,18H,10H2,1-5H3,(H,23,24)(H,25,29). The second-order valence-corrected chi connectivity index (χ2v) is 8.45. The lowest BCUT2D eigenvalue weighted by Crippen LogP contribution is -2.34. The fraction of sp³-hybridized carbons (Fsp3) is 0.381. The van der Waals surface area contributed by atoms with E-state index < -0.39 is 0 Å². The number of carbonyl (C=O) groups is 1. The van der Waals surface area contributed by atoms with Crippen molar-refractivity contribution in [3.8, 4) is 0 Å². The molecule has 4 aromatic rings. The first-order valence-corrected chi connectivity index (χ1v) is 11.1. The smallest absolute Gasteiger partial charge is 0.253 e. The number of hydrogen-bond donors (Lipinski definition) is 2. The Labute approximate surface area is 178 Å². The molecule has 1 aromatic carbocycles. The molecule has 2 N–H and O–H groups in total. The van der Waals surface area contributed by atoms with Crippen LogP contribution in [0.1, 0.15) is 42.7 Å². The summed E-state index contributed by atoms with van der Waals surface area (Å²) in [6.07, 6.45) is 2.15. The Morgan fingerprint density at radius 2 is 1.97 bits per heavy atom. The van der Waals surface area contributed by atoms with Gasteiger partial charge in [-0.3, -0.25) is 4.79 Å². The van der Waals surface area contributed by atoms with E-state index in [0.717, 1.165) is 33.8 Å². The molecule has 1 unspecified atom stereocenters. The van der Waals surface area contributed by atoms with E-state index in [9.17, 15) is 4.79 Å². The summed E-state index contributed by atoms with van der Waals surface area (Å²) in [5.74, 6) is 1.42. The number of amides is 1. The molecule has 0 saturated heterocycles. The van der Waals surface area contributed by atoms with Crippen molar-refractivity contribution in [1.82, 2.24) is 34.9 Å². The van der Waals surface area contributed by atoms with Crippen molar-refractivity contribution in [3.05, 3.63) is 47.0 Å². The maximum Gasteiger partial charge on any atom is 0.253 e. The first kappa shape index (κ1) is 20.3. The molecule has 0 aliphatic rings. The Morgan fingerprint density at radius 1 is 1.20 bits per heavy atom. The predicted molar refractivity (Wildman–Crippen MR) is 118 cm³/mol. The number of nitrogens with zero attached hydrogens (tertiary/aromatic N) is 5. The molecule has 9 heteroatoms. The number of hydrogen-bond acceptors (Lipinski definition) is 6. The van der Waals surface area contributed by atoms with Gasteiger partial charge in [-0.1, -0.05) is 37.7 Å². The summed E-state index contributed by atoms with van der Waals surface area (Å²) in [6.45, 7) is 7.99. The molecule has 156 valence electrons. The number of nitrogens with one attached hydrogen (secondary N) is 2. The number of fused-ring (bicyclic) bond motifs is 2. The molecule has 30 heavy (non-hydrogen) atoms. The average molecular weight is 424 g/mol. The summed E-state index contributed by atoms with van der Waals surface area (Å²) < 4.78 is 1.71. The number of para-hydroxylation sites is 2. The van der Waals surface area contributed by atoms with Crippen LogP contribution >= 0.6 is 11.8 Å².